The Morgan fingerprint density at radius 1 is 1.50 bits per heavy atom. The Labute approximate surface area is 101 Å². The van der Waals surface area contributed by atoms with E-state index in [9.17, 15) is 4.39 Å². The van der Waals surface area contributed by atoms with E-state index >= 15 is 0 Å². The number of rotatable bonds is 4. The molecule has 3 heteroatoms. The fourth-order valence-electron chi connectivity index (χ4n) is 2.32. The van der Waals surface area contributed by atoms with Gasteiger partial charge in [-0.2, -0.15) is 11.8 Å². The molecule has 1 N–H and O–H groups in total. The highest BCUT2D eigenvalue weighted by Crippen LogP contribution is 2.30. The summed E-state index contributed by atoms with van der Waals surface area (Å²) in [5.74, 6) is 0.999. The summed E-state index contributed by atoms with van der Waals surface area (Å²) in [5.41, 5.74) is 2.49. The molecule has 1 unspecified atom stereocenters. The summed E-state index contributed by atoms with van der Waals surface area (Å²) in [6.07, 6.45) is 5.53. The lowest BCUT2D eigenvalue weighted by molar-refractivity contribution is 0.469. The van der Waals surface area contributed by atoms with Crippen LogP contribution in [0.25, 0.3) is 0 Å². The molecule has 0 heterocycles. The van der Waals surface area contributed by atoms with Crippen molar-refractivity contribution in [1.29, 1.82) is 0 Å². The minimum atomic E-state index is -0.114. The molecule has 0 fully saturated rings. The fourth-order valence-corrected chi connectivity index (χ4v) is 2.64. The third-order valence-electron chi connectivity index (χ3n) is 3.12. The van der Waals surface area contributed by atoms with Crippen LogP contribution in [0, 0.1) is 5.82 Å². The van der Waals surface area contributed by atoms with E-state index < -0.39 is 0 Å². The number of thioether (sulfide) groups is 1. The summed E-state index contributed by atoms with van der Waals surface area (Å²) in [5, 5.41) is 3.52. The highest BCUT2D eigenvalue weighted by molar-refractivity contribution is 7.98. The van der Waals surface area contributed by atoms with Gasteiger partial charge >= 0.3 is 0 Å². The van der Waals surface area contributed by atoms with Crippen LogP contribution in [0.5, 0.6) is 0 Å². The molecule has 16 heavy (non-hydrogen) atoms. The van der Waals surface area contributed by atoms with Gasteiger partial charge in [0.25, 0.3) is 0 Å². The Morgan fingerprint density at radius 3 is 3.19 bits per heavy atom. The van der Waals surface area contributed by atoms with Crippen LogP contribution >= 0.6 is 11.8 Å². The van der Waals surface area contributed by atoms with Gasteiger partial charge in [-0.05, 0) is 48.8 Å². The molecule has 0 aliphatic heterocycles. The zero-order chi connectivity index (χ0) is 11.4. The van der Waals surface area contributed by atoms with Gasteiger partial charge in [0.2, 0.25) is 0 Å². The molecular weight excluding hydrogens is 221 g/mol. The van der Waals surface area contributed by atoms with Crippen LogP contribution in [-0.4, -0.2) is 18.6 Å². The lowest BCUT2D eigenvalue weighted by atomic mass is 9.87. The Kier molecular flexibility index (Phi) is 4.24. The standard InChI is InChI=1S/C13H18FNS/c1-16-8-7-15-13-4-2-3-10-5-6-11(14)9-12(10)13/h5-6,9,13,15H,2-4,7-8H2,1H3. The van der Waals surface area contributed by atoms with E-state index in [2.05, 4.69) is 11.6 Å². The average molecular weight is 239 g/mol. The highest BCUT2D eigenvalue weighted by atomic mass is 32.2. The van der Waals surface area contributed by atoms with Gasteiger partial charge in [-0.1, -0.05) is 6.07 Å². The maximum atomic E-state index is 13.2. The second-order valence-electron chi connectivity index (χ2n) is 4.23. The molecule has 1 nitrogen and oxygen atoms in total. The van der Waals surface area contributed by atoms with Crippen molar-refractivity contribution < 1.29 is 4.39 Å². The van der Waals surface area contributed by atoms with Gasteiger partial charge in [0.05, 0.1) is 0 Å². The number of fused-ring (bicyclic) bond motifs is 1. The molecule has 1 atom stereocenters. The molecule has 88 valence electrons. The molecule has 0 radical (unpaired) electrons. The summed E-state index contributed by atoms with van der Waals surface area (Å²) >= 11 is 1.84. The van der Waals surface area contributed by atoms with E-state index in [1.807, 2.05) is 17.8 Å². The Bertz CT molecular complexity index is 354. The molecule has 0 saturated carbocycles. The first kappa shape index (κ1) is 11.9. The van der Waals surface area contributed by atoms with E-state index in [0.29, 0.717) is 6.04 Å². The van der Waals surface area contributed by atoms with E-state index in [1.54, 1.807) is 12.1 Å². The normalized spacial score (nSPS) is 19.5. The van der Waals surface area contributed by atoms with Gasteiger partial charge in [-0.3, -0.25) is 0 Å². The van der Waals surface area contributed by atoms with Gasteiger partial charge < -0.3 is 5.32 Å². The Balaban J connectivity index is 2.09. The second-order valence-corrected chi connectivity index (χ2v) is 5.22. The minimum absolute atomic E-state index is 0.114. The molecule has 1 aliphatic rings. The van der Waals surface area contributed by atoms with Crippen LogP contribution < -0.4 is 5.32 Å². The van der Waals surface area contributed by atoms with Gasteiger partial charge in [0.1, 0.15) is 5.82 Å². The zero-order valence-corrected chi connectivity index (χ0v) is 10.4. The van der Waals surface area contributed by atoms with Crippen molar-refractivity contribution in [3.8, 4) is 0 Å². The van der Waals surface area contributed by atoms with Crippen molar-refractivity contribution in [1.82, 2.24) is 5.32 Å². The fraction of sp³-hybridized carbons (Fsp3) is 0.538. The predicted octanol–water partition coefficient (Wildman–Crippen LogP) is 3.16. The van der Waals surface area contributed by atoms with E-state index in [0.717, 1.165) is 25.1 Å². The maximum Gasteiger partial charge on any atom is 0.123 e. The number of hydrogen-bond donors (Lipinski definition) is 1. The van der Waals surface area contributed by atoms with Crippen LogP contribution in [0.4, 0.5) is 4.39 Å². The topological polar surface area (TPSA) is 12.0 Å². The SMILES string of the molecule is CSCCNC1CCCc2ccc(F)cc21. The predicted molar refractivity (Wildman–Crippen MR) is 68.5 cm³/mol. The quantitative estimate of drug-likeness (QED) is 0.810. The first-order valence-corrected chi connectivity index (χ1v) is 7.21. The molecule has 0 saturated heterocycles. The maximum absolute atomic E-state index is 13.2. The molecule has 0 amide bonds. The van der Waals surface area contributed by atoms with Crippen molar-refractivity contribution in [3.05, 3.63) is 35.1 Å². The second kappa shape index (κ2) is 5.69. The monoisotopic (exact) mass is 239 g/mol. The molecule has 1 aliphatic carbocycles. The van der Waals surface area contributed by atoms with E-state index in [-0.39, 0.29) is 5.82 Å². The Morgan fingerprint density at radius 2 is 2.38 bits per heavy atom. The van der Waals surface area contributed by atoms with Crippen LogP contribution in [0.3, 0.4) is 0 Å². The van der Waals surface area contributed by atoms with Crippen LogP contribution in [0.2, 0.25) is 0 Å². The smallest absolute Gasteiger partial charge is 0.123 e. The molecule has 1 aromatic carbocycles. The van der Waals surface area contributed by atoms with Crippen molar-refractivity contribution in [2.24, 2.45) is 0 Å². The number of hydrogen-bond acceptors (Lipinski definition) is 2. The summed E-state index contributed by atoms with van der Waals surface area (Å²) in [6, 6.07) is 5.56. The highest BCUT2D eigenvalue weighted by Gasteiger charge is 2.19. The average Bonchev–Trinajstić information content (AvgIpc) is 2.30. The molecule has 0 bridgehead atoms. The summed E-state index contributed by atoms with van der Waals surface area (Å²) in [6.45, 7) is 1.00. The summed E-state index contributed by atoms with van der Waals surface area (Å²) in [4.78, 5) is 0. The third kappa shape index (κ3) is 2.77. The van der Waals surface area contributed by atoms with Gasteiger partial charge in [0.15, 0.2) is 0 Å². The van der Waals surface area contributed by atoms with Gasteiger partial charge in [-0.25, -0.2) is 4.39 Å². The van der Waals surface area contributed by atoms with E-state index in [4.69, 9.17) is 0 Å². The van der Waals surface area contributed by atoms with Crippen LogP contribution in [0.1, 0.15) is 30.0 Å². The summed E-state index contributed by atoms with van der Waals surface area (Å²) in [7, 11) is 0. The molecule has 0 spiro atoms. The van der Waals surface area contributed by atoms with Crippen molar-refractivity contribution >= 4 is 11.8 Å². The molecule has 0 aromatic heterocycles. The molecule has 1 aromatic rings. The Hall–Kier alpha value is -0.540. The number of halogens is 1. The molecular formula is C13H18FNS. The zero-order valence-electron chi connectivity index (χ0n) is 9.63. The summed E-state index contributed by atoms with van der Waals surface area (Å²) < 4.78 is 13.2. The number of aryl methyl sites for hydroxylation is 1. The van der Waals surface area contributed by atoms with E-state index in [1.165, 1.54) is 17.5 Å². The number of nitrogens with one attached hydrogen (secondary N) is 1. The van der Waals surface area contributed by atoms with Gasteiger partial charge in [0, 0.05) is 18.3 Å². The first-order chi connectivity index (χ1) is 7.81. The minimum Gasteiger partial charge on any atom is -0.309 e. The van der Waals surface area contributed by atoms with Crippen molar-refractivity contribution in [3.63, 3.8) is 0 Å². The van der Waals surface area contributed by atoms with Gasteiger partial charge in [-0.15, -0.1) is 0 Å². The lowest BCUT2D eigenvalue weighted by Gasteiger charge is -2.26. The first-order valence-electron chi connectivity index (χ1n) is 5.82. The molecule has 2 rings (SSSR count). The van der Waals surface area contributed by atoms with Crippen molar-refractivity contribution in [2.45, 2.75) is 25.3 Å². The third-order valence-corrected chi connectivity index (χ3v) is 3.73. The van der Waals surface area contributed by atoms with Crippen molar-refractivity contribution in [2.75, 3.05) is 18.6 Å². The van der Waals surface area contributed by atoms with Crippen LogP contribution in [-0.2, 0) is 6.42 Å². The lowest BCUT2D eigenvalue weighted by Crippen LogP contribution is -2.27. The van der Waals surface area contributed by atoms with Crippen LogP contribution in [0.15, 0.2) is 18.2 Å². The number of benzene rings is 1. The largest absolute Gasteiger partial charge is 0.309 e.